The average Bonchev–Trinajstić information content (AvgIpc) is 3.34. The van der Waals surface area contributed by atoms with Crippen molar-refractivity contribution in [2.24, 2.45) is 0 Å². The summed E-state index contributed by atoms with van der Waals surface area (Å²) in [5.41, 5.74) is 4.36. The van der Waals surface area contributed by atoms with Crippen LogP contribution in [-0.4, -0.2) is 35.0 Å². The fourth-order valence-corrected chi connectivity index (χ4v) is 5.34. The summed E-state index contributed by atoms with van der Waals surface area (Å²) >= 11 is 6.30. The smallest absolute Gasteiger partial charge is 0.224 e. The SMILES string of the molecule is F[C@@H]1C(c2ccc3c(NCc4ccccc4)nc(Cl)nc3c2)O[C@H](COCc2ccccc2)[C@H]1OCc1ccccc1. The first-order valence-electron chi connectivity index (χ1n) is 14.0. The molecule has 42 heavy (non-hydrogen) atoms. The monoisotopic (exact) mass is 583 g/mol. The number of alkyl halides is 1. The third-order valence-electron chi connectivity index (χ3n) is 7.29. The molecule has 1 aliphatic rings. The highest BCUT2D eigenvalue weighted by Gasteiger charge is 2.46. The van der Waals surface area contributed by atoms with Gasteiger partial charge in [-0.05, 0) is 46.0 Å². The summed E-state index contributed by atoms with van der Waals surface area (Å²) in [6, 6.07) is 35.1. The fraction of sp³-hybridized carbons (Fsp3) is 0.235. The second-order valence-corrected chi connectivity index (χ2v) is 10.6. The van der Waals surface area contributed by atoms with Crippen molar-refractivity contribution in [2.75, 3.05) is 11.9 Å². The number of aromatic nitrogens is 2. The maximum absolute atomic E-state index is 16.1. The Morgan fingerprint density at radius 1 is 0.786 bits per heavy atom. The molecule has 1 aromatic heterocycles. The van der Waals surface area contributed by atoms with Crippen LogP contribution in [-0.2, 0) is 34.0 Å². The van der Waals surface area contributed by atoms with Crippen LogP contribution in [0.25, 0.3) is 10.9 Å². The molecule has 0 radical (unpaired) electrons. The summed E-state index contributed by atoms with van der Waals surface area (Å²) < 4.78 is 34.5. The molecule has 214 valence electrons. The third kappa shape index (κ3) is 6.77. The van der Waals surface area contributed by atoms with E-state index in [0.717, 1.165) is 22.1 Å². The quantitative estimate of drug-likeness (QED) is 0.163. The van der Waals surface area contributed by atoms with Crippen LogP contribution in [0.2, 0.25) is 5.28 Å². The highest BCUT2D eigenvalue weighted by atomic mass is 35.5. The Hall–Kier alpha value is -3.88. The Morgan fingerprint density at radius 3 is 2.12 bits per heavy atom. The number of anilines is 1. The van der Waals surface area contributed by atoms with Crippen molar-refractivity contribution < 1.29 is 18.6 Å². The molecular weight excluding hydrogens is 553 g/mol. The van der Waals surface area contributed by atoms with Crippen LogP contribution in [0.15, 0.2) is 109 Å². The molecule has 1 saturated heterocycles. The van der Waals surface area contributed by atoms with Crippen molar-refractivity contribution in [3.05, 3.63) is 137 Å². The first kappa shape index (κ1) is 28.2. The third-order valence-corrected chi connectivity index (χ3v) is 7.46. The van der Waals surface area contributed by atoms with E-state index < -0.39 is 24.5 Å². The van der Waals surface area contributed by atoms with E-state index in [9.17, 15) is 0 Å². The van der Waals surface area contributed by atoms with Gasteiger partial charge in [0, 0.05) is 11.9 Å². The normalized spacial score (nSPS) is 20.1. The predicted molar refractivity (Wildman–Crippen MR) is 162 cm³/mol. The van der Waals surface area contributed by atoms with Crippen LogP contribution in [0, 0.1) is 0 Å². The first-order valence-corrected chi connectivity index (χ1v) is 14.3. The van der Waals surface area contributed by atoms with Gasteiger partial charge < -0.3 is 19.5 Å². The molecule has 0 spiro atoms. The standard InChI is InChI=1S/C34H31ClFN3O3/c35-34-38-28-18-26(16-17-27(28)33(39-34)37-19-23-10-4-1-5-11-23)31-30(36)32(41-21-25-14-8-3-9-15-25)29(42-31)22-40-20-24-12-6-2-7-13-24/h1-18,29-32H,19-22H2,(H,37,38,39)/t29-,30-,31?,32-/m1/s1. The molecule has 1 aliphatic heterocycles. The molecule has 2 heterocycles. The van der Waals surface area contributed by atoms with Crippen LogP contribution in [0.1, 0.15) is 28.4 Å². The van der Waals surface area contributed by atoms with E-state index in [0.29, 0.717) is 30.0 Å². The van der Waals surface area contributed by atoms with Gasteiger partial charge in [0.2, 0.25) is 5.28 Å². The lowest BCUT2D eigenvalue weighted by Gasteiger charge is -2.20. The van der Waals surface area contributed by atoms with Gasteiger partial charge >= 0.3 is 0 Å². The van der Waals surface area contributed by atoms with Gasteiger partial charge in [-0.1, -0.05) is 97.1 Å². The summed E-state index contributed by atoms with van der Waals surface area (Å²) in [7, 11) is 0. The van der Waals surface area contributed by atoms with E-state index in [2.05, 4.69) is 15.3 Å². The van der Waals surface area contributed by atoms with Crippen molar-refractivity contribution in [3.63, 3.8) is 0 Å². The van der Waals surface area contributed by atoms with Crippen molar-refractivity contribution in [1.82, 2.24) is 9.97 Å². The highest BCUT2D eigenvalue weighted by molar-refractivity contribution is 6.28. The van der Waals surface area contributed by atoms with E-state index in [1.165, 1.54) is 0 Å². The minimum atomic E-state index is -1.41. The van der Waals surface area contributed by atoms with Crippen molar-refractivity contribution in [2.45, 2.75) is 44.2 Å². The van der Waals surface area contributed by atoms with Crippen molar-refractivity contribution in [3.8, 4) is 0 Å². The van der Waals surface area contributed by atoms with E-state index >= 15 is 4.39 Å². The molecule has 4 atom stereocenters. The summed E-state index contributed by atoms with van der Waals surface area (Å²) in [6.45, 7) is 1.45. The molecule has 8 heteroatoms. The second-order valence-electron chi connectivity index (χ2n) is 10.3. The lowest BCUT2D eigenvalue weighted by Crippen LogP contribution is -2.34. The number of nitrogens with one attached hydrogen (secondary N) is 1. The maximum Gasteiger partial charge on any atom is 0.224 e. The number of benzene rings is 4. The summed E-state index contributed by atoms with van der Waals surface area (Å²) in [5, 5.41) is 4.24. The number of fused-ring (bicyclic) bond motifs is 1. The molecule has 1 fully saturated rings. The molecular formula is C34H31ClFN3O3. The molecule has 1 N–H and O–H groups in total. The first-order chi connectivity index (χ1) is 20.6. The number of hydrogen-bond donors (Lipinski definition) is 1. The van der Waals surface area contributed by atoms with E-state index in [-0.39, 0.29) is 18.5 Å². The van der Waals surface area contributed by atoms with Crippen molar-refractivity contribution in [1.29, 1.82) is 0 Å². The zero-order valence-corrected chi connectivity index (χ0v) is 23.7. The molecule has 6 nitrogen and oxygen atoms in total. The van der Waals surface area contributed by atoms with Gasteiger partial charge in [0.1, 0.15) is 24.1 Å². The van der Waals surface area contributed by atoms with E-state index in [1.54, 1.807) is 0 Å². The van der Waals surface area contributed by atoms with Crippen LogP contribution >= 0.6 is 11.6 Å². The van der Waals surface area contributed by atoms with E-state index in [4.69, 9.17) is 25.8 Å². The fourth-order valence-electron chi connectivity index (χ4n) is 5.16. The van der Waals surface area contributed by atoms with Crippen LogP contribution in [0.4, 0.5) is 10.2 Å². The number of nitrogens with zero attached hydrogens (tertiary/aromatic N) is 2. The number of halogens is 2. The van der Waals surface area contributed by atoms with Gasteiger partial charge in [-0.3, -0.25) is 0 Å². The van der Waals surface area contributed by atoms with Crippen LogP contribution in [0.3, 0.4) is 0 Å². The maximum atomic E-state index is 16.1. The van der Waals surface area contributed by atoms with Crippen LogP contribution in [0.5, 0.6) is 0 Å². The summed E-state index contributed by atoms with van der Waals surface area (Å²) in [6.07, 6.45) is -3.66. The molecule has 0 bridgehead atoms. The topological polar surface area (TPSA) is 65.5 Å². The largest absolute Gasteiger partial charge is 0.374 e. The van der Waals surface area contributed by atoms with Gasteiger partial charge in [0.05, 0.1) is 25.3 Å². The Morgan fingerprint density at radius 2 is 1.43 bits per heavy atom. The minimum absolute atomic E-state index is 0.107. The summed E-state index contributed by atoms with van der Waals surface area (Å²) in [4.78, 5) is 8.82. The second kappa shape index (κ2) is 13.4. The lowest BCUT2D eigenvalue weighted by atomic mass is 10.0. The van der Waals surface area contributed by atoms with Gasteiger partial charge in [-0.25, -0.2) is 14.4 Å². The van der Waals surface area contributed by atoms with E-state index in [1.807, 2.05) is 109 Å². The lowest BCUT2D eigenvalue weighted by molar-refractivity contribution is -0.0737. The molecule has 4 aromatic carbocycles. The van der Waals surface area contributed by atoms with Crippen LogP contribution < -0.4 is 5.32 Å². The Bertz CT molecular complexity index is 1590. The molecule has 0 saturated carbocycles. The predicted octanol–water partition coefficient (Wildman–Crippen LogP) is 7.48. The number of hydrogen-bond acceptors (Lipinski definition) is 6. The van der Waals surface area contributed by atoms with Gasteiger partial charge in [-0.2, -0.15) is 0 Å². The molecule has 0 amide bonds. The minimum Gasteiger partial charge on any atom is -0.374 e. The Kier molecular flexibility index (Phi) is 9.01. The van der Waals surface area contributed by atoms with Crippen molar-refractivity contribution >= 4 is 28.3 Å². The zero-order valence-electron chi connectivity index (χ0n) is 22.9. The van der Waals surface area contributed by atoms with Gasteiger partial charge in [-0.15, -0.1) is 0 Å². The molecule has 5 aromatic rings. The summed E-state index contributed by atoms with van der Waals surface area (Å²) in [5.74, 6) is 0.612. The molecule has 0 aliphatic carbocycles. The number of rotatable bonds is 11. The Labute approximate surface area is 249 Å². The highest BCUT2D eigenvalue weighted by Crippen LogP contribution is 2.39. The molecule has 1 unspecified atom stereocenters. The van der Waals surface area contributed by atoms with Gasteiger partial charge in [0.25, 0.3) is 0 Å². The van der Waals surface area contributed by atoms with Gasteiger partial charge in [0.15, 0.2) is 6.17 Å². The molecule has 6 rings (SSSR count). The average molecular weight is 584 g/mol. The zero-order chi connectivity index (χ0) is 28.7. The number of ether oxygens (including phenoxy) is 3. The Balaban J connectivity index is 1.21.